The molecule has 2 rings (SSSR count). The second-order valence-corrected chi connectivity index (χ2v) is 4.82. The Hall–Kier alpha value is -1.07. The minimum atomic E-state index is 0.449. The van der Waals surface area contributed by atoms with Crippen LogP contribution in [0.5, 0.6) is 5.88 Å². The third-order valence-corrected chi connectivity index (χ3v) is 3.55. The number of hydrogen-bond acceptors (Lipinski definition) is 4. The molecule has 0 aliphatic heterocycles. The largest absolute Gasteiger partial charge is 0.481 e. The van der Waals surface area contributed by atoms with Crippen molar-refractivity contribution in [3.05, 3.63) is 11.3 Å². The van der Waals surface area contributed by atoms with E-state index in [0.29, 0.717) is 12.1 Å². The van der Waals surface area contributed by atoms with Gasteiger partial charge in [-0.15, -0.1) is 0 Å². The van der Waals surface area contributed by atoms with Crippen LogP contribution < -0.4 is 10.1 Å². The zero-order chi connectivity index (χ0) is 13.1. The van der Waals surface area contributed by atoms with Gasteiger partial charge in [-0.05, 0) is 26.7 Å². The normalized spacial score (nSPS) is 22.9. The Morgan fingerprint density at radius 1 is 1.44 bits per heavy atom. The molecule has 5 nitrogen and oxygen atoms in total. The number of nitrogens with zero attached hydrogens (tertiary/aromatic N) is 2. The maximum atomic E-state index is 5.55. The molecule has 1 aromatic rings. The summed E-state index contributed by atoms with van der Waals surface area (Å²) in [6.45, 7) is 5.69. The second kappa shape index (κ2) is 5.71. The van der Waals surface area contributed by atoms with Gasteiger partial charge in [0.15, 0.2) is 0 Å². The molecule has 1 N–H and O–H groups in total. The van der Waals surface area contributed by atoms with Gasteiger partial charge in [0.25, 0.3) is 0 Å². The van der Waals surface area contributed by atoms with Crippen LogP contribution in [0.15, 0.2) is 0 Å². The number of rotatable bonds is 6. The van der Waals surface area contributed by atoms with E-state index < -0.39 is 0 Å². The summed E-state index contributed by atoms with van der Waals surface area (Å²) in [5, 5.41) is 7.91. The Kier molecular flexibility index (Phi) is 4.24. The molecule has 0 amide bonds. The Bertz CT molecular complexity index is 397. The molecule has 18 heavy (non-hydrogen) atoms. The highest BCUT2D eigenvalue weighted by atomic mass is 16.5. The fourth-order valence-electron chi connectivity index (χ4n) is 2.49. The van der Waals surface area contributed by atoms with Crippen LogP contribution in [0.1, 0.15) is 31.0 Å². The molecule has 0 bridgehead atoms. The van der Waals surface area contributed by atoms with Crippen molar-refractivity contribution in [3.8, 4) is 5.88 Å². The molecular weight excluding hydrogens is 230 g/mol. The van der Waals surface area contributed by atoms with Gasteiger partial charge >= 0.3 is 0 Å². The van der Waals surface area contributed by atoms with Gasteiger partial charge < -0.3 is 14.8 Å². The Morgan fingerprint density at radius 2 is 2.17 bits per heavy atom. The maximum absolute atomic E-state index is 5.55. The van der Waals surface area contributed by atoms with E-state index in [1.165, 1.54) is 0 Å². The monoisotopic (exact) mass is 253 g/mol. The van der Waals surface area contributed by atoms with Gasteiger partial charge in [-0.1, -0.05) is 0 Å². The van der Waals surface area contributed by atoms with E-state index in [-0.39, 0.29) is 0 Å². The van der Waals surface area contributed by atoms with Crippen LogP contribution in [0, 0.1) is 6.92 Å². The van der Waals surface area contributed by atoms with Crippen LogP contribution in [0.25, 0.3) is 0 Å². The van der Waals surface area contributed by atoms with E-state index in [2.05, 4.69) is 10.4 Å². The lowest BCUT2D eigenvalue weighted by Crippen LogP contribution is -2.45. The van der Waals surface area contributed by atoms with Crippen molar-refractivity contribution >= 4 is 0 Å². The summed E-state index contributed by atoms with van der Waals surface area (Å²) in [7, 11) is 3.60. The van der Waals surface area contributed by atoms with Crippen molar-refractivity contribution in [2.75, 3.05) is 13.7 Å². The fraction of sp³-hybridized carbons (Fsp3) is 0.769. The Labute approximate surface area is 108 Å². The minimum Gasteiger partial charge on any atom is -0.481 e. The molecule has 0 saturated heterocycles. The predicted octanol–water partition coefficient (Wildman–Crippen LogP) is 1.39. The molecule has 0 atom stereocenters. The number of ether oxygens (including phenoxy) is 2. The van der Waals surface area contributed by atoms with Crippen molar-refractivity contribution in [2.24, 2.45) is 7.05 Å². The molecule has 0 aromatic carbocycles. The van der Waals surface area contributed by atoms with E-state index in [1.807, 2.05) is 20.9 Å². The standard InChI is InChI=1S/C13H23N3O2/c1-5-18-11-6-10(7-11)14-8-12-9(2)15-16(3)13(12)17-4/h10-11,14H,5-8H2,1-4H3. The quantitative estimate of drug-likeness (QED) is 0.832. The minimum absolute atomic E-state index is 0.449. The average molecular weight is 253 g/mol. The molecule has 1 saturated carbocycles. The second-order valence-electron chi connectivity index (χ2n) is 4.82. The van der Waals surface area contributed by atoms with Crippen molar-refractivity contribution < 1.29 is 9.47 Å². The molecule has 102 valence electrons. The van der Waals surface area contributed by atoms with Crippen molar-refractivity contribution in [1.82, 2.24) is 15.1 Å². The number of aryl methyl sites for hydroxylation is 2. The lowest BCUT2D eigenvalue weighted by molar-refractivity contribution is -0.0102. The van der Waals surface area contributed by atoms with Crippen LogP contribution in [-0.2, 0) is 18.3 Å². The molecule has 5 heteroatoms. The van der Waals surface area contributed by atoms with Crippen molar-refractivity contribution in [1.29, 1.82) is 0 Å². The zero-order valence-electron chi connectivity index (χ0n) is 11.7. The predicted molar refractivity (Wildman–Crippen MR) is 69.8 cm³/mol. The molecule has 1 aromatic heterocycles. The smallest absolute Gasteiger partial charge is 0.216 e. The highest BCUT2D eigenvalue weighted by Gasteiger charge is 2.29. The van der Waals surface area contributed by atoms with Gasteiger partial charge in [-0.3, -0.25) is 0 Å². The number of aromatic nitrogens is 2. The molecule has 1 fully saturated rings. The summed E-state index contributed by atoms with van der Waals surface area (Å²) >= 11 is 0. The van der Waals surface area contributed by atoms with Crippen LogP contribution in [0.3, 0.4) is 0 Å². The first-order valence-corrected chi connectivity index (χ1v) is 6.57. The van der Waals surface area contributed by atoms with Crippen molar-refractivity contribution in [2.45, 2.75) is 45.4 Å². The van der Waals surface area contributed by atoms with Crippen LogP contribution in [-0.4, -0.2) is 35.6 Å². The SMILES string of the molecule is CCOC1CC(NCc2c(C)nn(C)c2OC)C1. The Balaban J connectivity index is 1.84. The highest BCUT2D eigenvalue weighted by molar-refractivity contribution is 5.30. The summed E-state index contributed by atoms with van der Waals surface area (Å²) in [6, 6.07) is 0.561. The zero-order valence-corrected chi connectivity index (χ0v) is 11.7. The van der Waals surface area contributed by atoms with E-state index >= 15 is 0 Å². The lowest BCUT2D eigenvalue weighted by atomic mass is 9.89. The summed E-state index contributed by atoms with van der Waals surface area (Å²) in [5.74, 6) is 0.848. The first kappa shape index (κ1) is 13.4. The lowest BCUT2D eigenvalue weighted by Gasteiger charge is -2.35. The van der Waals surface area contributed by atoms with Gasteiger partial charge in [0, 0.05) is 26.2 Å². The van der Waals surface area contributed by atoms with Crippen LogP contribution in [0.4, 0.5) is 0 Å². The molecular formula is C13H23N3O2. The highest BCUT2D eigenvalue weighted by Crippen LogP contribution is 2.25. The first-order valence-electron chi connectivity index (χ1n) is 6.57. The maximum Gasteiger partial charge on any atom is 0.216 e. The van der Waals surface area contributed by atoms with Crippen LogP contribution in [0.2, 0.25) is 0 Å². The third-order valence-electron chi connectivity index (χ3n) is 3.55. The van der Waals surface area contributed by atoms with E-state index in [0.717, 1.165) is 43.1 Å². The van der Waals surface area contributed by atoms with Crippen molar-refractivity contribution in [3.63, 3.8) is 0 Å². The van der Waals surface area contributed by atoms with E-state index in [1.54, 1.807) is 11.8 Å². The summed E-state index contributed by atoms with van der Waals surface area (Å²) in [4.78, 5) is 0. The third kappa shape index (κ3) is 2.67. The molecule has 0 spiro atoms. The van der Waals surface area contributed by atoms with Gasteiger partial charge in [0.2, 0.25) is 5.88 Å². The summed E-state index contributed by atoms with van der Waals surface area (Å²) in [5.41, 5.74) is 2.18. The fourth-order valence-corrected chi connectivity index (χ4v) is 2.49. The van der Waals surface area contributed by atoms with Crippen LogP contribution >= 0.6 is 0 Å². The summed E-state index contributed by atoms with van der Waals surface area (Å²) in [6.07, 6.45) is 2.66. The summed E-state index contributed by atoms with van der Waals surface area (Å²) < 4.78 is 12.7. The molecule has 0 unspecified atom stereocenters. The number of methoxy groups -OCH3 is 1. The first-order chi connectivity index (χ1) is 8.65. The van der Waals surface area contributed by atoms with E-state index in [9.17, 15) is 0 Å². The van der Waals surface area contributed by atoms with Gasteiger partial charge in [0.05, 0.1) is 24.5 Å². The van der Waals surface area contributed by atoms with Gasteiger partial charge in [-0.25, -0.2) is 4.68 Å². The molecule has 1 heterocycles. The molecule has 0 radical (unpaired) electrons. The average Bonchev–Trinajstić information content (AvgIpc) is 2.56. The number of hydrogen-bond donors (Lipinski definition) is 1. The molecule has 1 aliphatic rings. The van der Waals surface area contributed by atoms with Gasteiger partial charge in [-0.2, -0.15) is 5.10 Å². The molecule has 1 aliphatic carbocycles. The van der Waals surface area contributed by atoms with Gasteiger partial charge in [0.1, 0.15) is 0 Å². The number of nitrogens with one attached hydrogen (secondary N) is 1. The van der Waals surface area contributed by atoms with E-state index in [4.69, 9.17) is 9.47 Å². The Morgan fingerprint density at radius 3 is 2.78 bits per heavy atom. The topological polar surface area (TPSA) is 48.3 Å².